The van der Waals surface area contributed by atoms with Crippen LogP contribution in [0.4, 0.5) is 0 Å². The molecule has 5 nitrogen and oxygen atoms in total. The van der Waals surface area contributed by atoms with Gasteiger partial charge < -0.3 is 9.84 Å². The zero-order valence-corrected chi connectivity index (χ0v) is 12.6. The van der Waals surface area contributed by atoms with E-state index >= 15 is 0 Å². The van der Waals surface area contributed by atoms with Gasteiger partial charge in [-0.05, 0) is 31.4 Å². The molecule has 0 spiro atoms. The number of hydrogen-bond acceptors (Lipinski definition) is 3. The third kappa shape index (κ3) is 3.07. The first-order valence-corrected chi connectivity index (χ1v) is 7.01. The highest BCUT2D eigenvalue weighted by molar-refractivity contribution is 5.67. The molecule has 0 bridgehead atoms. The Kier molecular flexibility index (Phi) is 4.62. The quantitative estimate of drug-likeness (QED) is 0.887. The molecule has 1 aromatic heterocycles. The molecular weight excluding hydrogens is 268 g/mol. The average Bonchev–Trinajstić information content (AvgIpc) is 2.83. The topological polar surface area (TPSA) is 64.4 Å². The fourth-order valence-corrected chi connectivity index (χ4v) is 2.42. The van der Waals surface area contributed by atoms with Gasteiger partial charge in [0.1, 0.15) is 0 Å². The molecule has 1 aromatic carbocycles. The SMILES string of the molecule is CCc1nn(-c2ccccc2C)c(OC)c1CCC(=O)O. The molecule has 0 aliphatic heterocycles. The first-order chi connectivity index (χ1) is 10.1. The Hall–Kier alpha value is -2.30. The summed E-state index contributed by atoms with van der Waals surface area (Å²) in [5.74, 6) is -0.190. The molecule has 1 heterocycles. The molecule has 112 valence electrons. The standard InChI is InChI=1S/C16H20N2O3/c1-4-13-12(9-10-15(19)20)16(21-3)18(17-13)14-8-6-5-7-11(14)2/h5-8H,4,9-10H2,1-3H3,(H,19,20). The number of aryl methyl sites for hydroxylation is 2. The number of nitrogens with zero attached hydrogens (tertiary/aromatic N) is 2. The summed E-state index contributed by atoms with van der Waals surface area (Å²) in [6.45, 7) is 4.02. The van der Waals surface area contributed by atoms with E-state index < -0.39 is 5.97 Å². The summed E-state index contributed by atoms with van der Waals surface area (Å²) < 4.78 is 7.28. The van der Waals surface area contributed by atoms with E-state index in [1.54, 1.807) is 11.8 Å². The third-order valence-electron chi connectivity index (χ3n) is 3.48. The van der Waals surface area contributed by atoms with Gasteiger partial charge in [-0.1, -0.05) is 25.1 Å². The van der Waals surface area contributed by atoms with E-state index in [1.165, 1.54) is 0 Å². The van der Waals surface area contributed by atoms with Crippen molar-refractivity contribution in [3.05, 3.63) is 41.1 Å². The molecular formula is C16H20N2O3. The number of ether oxygens (including phenoxy) is 1. The minimum Gasteiger partial charge on any atom is -0.481 e. The van der Waals surface area contributed by atoms with E-state index in [2.05, 4.69) is 5.10 Å². The van der Waals surface area contributed by atoms with Crippen LogP contribution in [0.1, 0.15) is 30.2 Å². The van der Waals surface area contributed by atoms with Crippen LogP contribution < -0.4 is 4.74 Å². The Morgan fingerprint density at radius 2 is 2.10 bits per heavy atom. The number of hydrogen-bond donors (Lipinski definition) is 1. The van der Waals surface area contributed by atoms with Gasteiger partial charge in [0.05, 0.1) is 18.5 Å². The maximum atomic E-state index is 10.8. The molecule has 0 unspecified atom stereocenters. The molecule has 0 saturated carbocycles. The maximum absolute atomic E-state index is 10.8. The molecule has 0 aliphatic carbocycles. The fourth-order valence-electron chi connectivity index (χ4n) is 2.42. The minimum atomic E-state index is -0.817. The van der Waals surface area contributed by atoms with Crippen molar-refractivity contribution in [2.24, 2.45) is 0 Å². The lowest BCUT2D eigenvalue weighted by molar-refractivity contribution is -0.136. The zero-order chi connectivity index (χ0) is 15.4. The number of aromatic nitrogens is 2. The molecule has 2 aromatic rings. The highest BCUT2D eigenvalue weighted by Crippen LogP contribution is 2.28. The average molecular weight is 288 g/mol. The smallest absolute Gasteiger partial charge is 0.303 e. The van der Waals surface area contributed by atoms with Crippen LogP contribution in [0.2, 0.25) is 0 Å². The highest BCUT2D eigenvalue weighted by Gasteiger charge is 2.20. The van der Waals surface area contributed by atoms with Crippen LogP contribution in [0.25, 0.3) is 5.69 Å². The summed E-state index contributed by atoms with van der Waals surface area (Å²) in [6, 6.07) is 7.91. The Morgan fingerprint density at radius 1 is 1.38 bits per heavy atom. The summed E-state index contributed by atoms with van der Waals surface area (Å²) in [5, 5.41) is 13.5. The Labute approximate surface area is 124 Å². The second-order valence-electron chi connectivity index (χ2n) is 4.88. The Balaban J connectivity index is 2.52. The maximum Gasteiger partial charge on any atom is 0.303 e. The van der Waals surface area contributed by atoms with E-state index in [0.29, 0.717) is 12.3 Å². The molecule has 1 N–H and O–H groups in total. The van der Waals surface area contributed by atoms with E-state index in [-0.39, 0.29) is 6.42 Å². The second-order valence-corrected chi connectivity index (χ2v) is 4.88. The van der Waals surface area contributed by atoms with E-state index in [9.17, 15) is 4.79 Å². The normalized spacial score (nSPS) is 10.6. The molecule has 0 atom stereocenters. The summed E-state index contributed by atoms with van der Waals surface area (Å²) >= 11 is 0. The van der Waals surface area contributed by atoms with Gasteiger partial charge in [0.25, 0.3) is 0 Å². The summed E-state index contributed by atoms with van der Waals surface area (Å²) in [4.78, 5) is 10.8. The number of carboxylic acids is 1. The Morgan fingerprint density at radius 3 is 2.67 bits per heavy atom. The van der Waals surface area contributed by atoms with Crippen molar-refractivity contribution in [1.29, 1.82) is 0 Å². The number of rotatable bonds is 6. The van der Waals surface area contributed by atoms with Gasteiger partial charge in [-0.3, -0.25) is 4.79 Å². The van der Waals surface area contributed by atoms with Gasteiger partial charge in [-0.2, -0.15) is 5.10 Å². The molecule has 2 rings (SSSR count). The molecule has 21 heavy (non-hydrogen) atoms. The van der Waals surface area contributed by atoms with Gasteiger partial charge in [0, 0.05) is 12.0 Å². The van der Waals surface area contributed by atoms with E-state index in [4.69, 9.17) is 9.84 Å². The van der Waals surface area contributed by atoms with Gasteiger partial charge in [0.15, 0.2) is 0 Å². The fraction of sp³-hybridized carbons (Fsp3) is 0.375. The minimum absolute atomic E-state index is 0.0722. The first kappa shape index (κ1) is 15.1. The molecule has 0 saturated heterocycles. The summed E-state index contributed by atoms with van der Waals surface area (Å²) in [7, 11) is 1.59. The van der Waals surface area contributed by atoms with Crippen molar-refractivity contribution in [3.8, 4) is 11.6 Å². The summed E-state index contributed by atoms with van der Waals surface area (Å²) in [5.41, 5.74) is 3.80. The third-order valence-corrected chi connectivity index (χ3v) is 3.48. The Bertz CT molecular complexity index is 647. The van der Waals surface area contributed by atoms with Crippen molar-refractivity contribution >= 4 is 5.97 Å². The number of carbonyl (C=O) groups is 1. The predicted molar refractivity (Wildman–Crippen MR) is 80.2 cm³/mol. The lowest BCUT2D eigenvalue weighted by atomic mass is 10.1. The molecule has 0 fully saturated rings. The lowest BCUT2D eigenvalue weighted by Gasteiger charge is -2.10. The highest BCUT2D eigenvalue weighted by atomic mass is 16.5. The monoisotopic (exact) mass is 288 g/mol. The number of aliphatic carboxylic acids is 1. The van der Waals surface area contributed by atoms with Gasteiger partial charge in [0.2, 0.25) is 5.88 Å². The van der Waals surface area contributed by atoms with Gasteiger partial charge in [-0.25, -0.2) is 4.68 Å². The molecule has 5 heteroatoms. The number of benzene rings is 1. The molecule has 0 amide bonds. The van der Waals surface area contributed by atoms with Crippen molar-refractivity contribution in [1.82, 2.24) is 9.78 Å². The largest absolute Gasteiger partial charge is 0.481 e. The van der Waals surface area contributed by atoms with E-state index in [1.807, 2.05) is 38.1 Å². The van der Waals surface area contributed by atoms with Gasteiger partial charge in [-0.15, -0.1) is 0 Å². The van der Waals surface area contributed by atoms with Crippen LogP contribution in [0.5, 0.6) is 5.88 Å². The van der Waals surface area contributed by atoms with Crippen molar-refractivity contribution in [3.63, 3.8) is 0 Å². The zero-order valence-electron chi connectivity index (χ0n) is 12.6. The van der Waals surface area contributed by atoms with E-state index in [0.717, 1.165) is 28.9 Å². The van der Waals surface area contributed by atoms with Crippen molar-refractivity contribution < 1.29 is 14.6 Å². The molecule has 0 radical (unpaired) electrons. The van der Waals surface area contributed by atoms with Gasteiger partial charge >= 0.3 is 5.97 Å². The predicted octanol–water partition coefficient (Wildman–Crippen LogP) is 2.77. The number of methoxy groups -OCH3 is 1. The summed E-state index contributed by atoms with van der Waals surface area (Å²) in [6.07, 6.45) is 1.24. The van der Waals surface area contributed by atoms with Crippen molar-refractivity contribution in [2.75, 3.05) is 7.11 Å². The van der Waals surface area contributed by atoms with Crippen LogP contribution in [0, 0.1) is 6.92 Å². The molecule has 0 aliphatic rings. The van der Waals surface area contributed by atoms with Crippen LogP contribution in [0.3, 0.4) is 0 Å². The van der Waals surface area contributed by atoms with Crippen LogP contribution in [-0.4, -0.2) is 28.0 Å². The lowest BCUT2D eigenvalue weighted by Crippen LogP contribution is -2.03. The van der Waals surface area contributed by atoms with Crippen LogP contribution in [0.15, 0.2) is 24.3 Å². The number of carboxylic acid groups (broad SMARTS) is 1. The first-order valence-electron chi connectivity index (χ1n) is 7.01. The van der Waals surface area contributed by atoms with Crippen LogP contribution >= 0.6 is 0 Å². The van der Waals surface area contributed by atoms with Crippen molar-refractivity contribution in [2.45, 2.75) is 33.1 Å². The van der Waals surface area contributed by atoms with Crippen LogP contribution in [-0.2, 0) is 17.6 Å². The second kappa shape index (κ2) is 6.43. The number of para-hydroxylation sites is 1.